The number of sulfonamides is 1. The molecule has 0 aliphatic rings. The third-order valence-corrected chi connectivity index (χ3v) is 5.86. The molecule has 7 nitrogen and oxygen atoms in total. The number of halogens is 3. The largest absolute Gasteiger partial charge is 0.434 e. The second-order valence-electron chi connectivity index (χ2n) is 5.96. The van der Waals surface area contributed by atoms with Crippen molar-refractivity contribution in [1.29, 1.82) is 0 Å². The first-order chi connectivity index (χ1) is 13.6. The summed E-state index contributed by atoms with van der Waals surface area (Å²) in [5.74, 6) is 0.287. The number of alkyl halides is 3. The van der Waals surface area contributed by atoms with E-state index in [-0.39, 0.29) is 18.8 Å². The van der Waals surface area contributed by atoms with E-state index in [2.05, 4.69) is 25.3 Å². The van der Waals surface area contributed by atoms with Gasteiger partial charge in [0.15, 0.2) is 11.7 Å². The number of aliphatic imine (C=N–C) groups is 1. The molecule has 0 saturated heterocycles. The van der Waals surface area contributed by atoms with Gasteiger partial charge in [0.1, 0.15) is 5.01 Å². The van der Waals surface area contributed by atoms with Gasteiger partial charge in [-0.15, -0.1) is 11.3 Å². The van der Waals surface area contributed by atoms with E-state index >= 15 is 0 Å². The van der Waals surface area contributed by atoms with Gasteiger partial charge >= 0.3 is 6.18 Å². The lowest BCUT2D eigenvalue weighted by Gasteiger charge is -2.10. The van der Waals surface area contributed by atoms with Crippen LogP contribution in [0.5, 0.6) is 0 Å². The maximum Gasteiger partial charge on any atom is 0.434 e. The number of guanidine groups is 1. The van der Waals surface area contributed by atoms with Gasteiger partial charge in [-0.1, -0.05) is 24.3 Å². The van der Waals surface area contributed by atoms with Crippen LogP contribution >= 0.6 is 11.3 Å². The number of aromatic nitrogens is 1. The zero-order valence-corrected chi connectivity index (χ0v) is 17.5. The van der Waals surface area contributed by atoms with Gasteiger partial charge in [0.2, 0.25) is 10.0 Å². The number of nitrogens with zero attached hydrogens (tertiary/aromatic N) is 2. The second kappa shape index (κ2) is 10.0. The van der Waals surface area contributed by atoms with E-state index in [0.29, 0.717) is 23.1 Å². The van der Waals surface area contributed by atoms with Crippen molar-refractivity contribution in [2.24, 2.45) is 4.99 Å². The molecule has 1 aromatic carbocycles. The normalized spacial score (nSPS) is 12.8. The minimum Gasteiger partial charge on any atom is -0.357 e. The molecule has 0 saturated carbocycles. The van der Waals surface area contributed by atoms with Crippen LogP contribution in [0.2, 0.25) is 0 Å². The Balaban J connectivity index is 2.02. The lowest BCUT2D eigenvalue weighted by molar-refractivity contribution is -0.140. The topological polar surface area (TPSA) is 95.5 Å². The third-order valence-electron chi connectivity index (χ3n) is 3.67. The Kier molecular flexibility index (Phi) is 7.99. The molecule has 29 heavy (non-hydrogen) atoms. The predicted octanol–water partition coefficient (Wildman–Crippen LogP) is 2.47. The van der Waals surface area contributed by atoms with Crippen LogP contribution in [0.15, 0.2) is 34.6 Å². The number of hydrogen-bond donors (Lipinski definition) is 3. The highest BCUT2D eigenvalue weighted by molar-refractivity contribution is 7.88. The van der Waals surface area contributed by atoms with Crippen molar-refractivity contribution < 1.29 is 21.6 Å². The fraction of sp³-hybridized carbons (Fsp3) is 0.412. The Morgan fingerprint density at radius 1 is 1.24 bits per heavy atom. The molecular formula is C17H22F3N5O2S2. The Labute approximate surface area is 171 Å². The zero-order valence-electron chi connectivity index (χ0n) is 15.9. The van der Waals surface area contributed by atoms with Gasteiger partial charge in [-0.05, 0) is 25.1 Å². The molecular weight excluding hydrogens is 427 g/mol. The molecule has 2 rings (SSSR count). The monoisotopic (exact) mass is 449 g/mol. The highest BCUT2D eigenvalue weighted by Crippen LogP contribution is 2.29. The third kappa shape index (κ3) is 7.63. The van der Waals surface area contributed by atoms with Crippen molar-refractivity contribution in [2.75, 3.05) is 13.6 Å². The van der Waals surface area contributed by atoms with Gasteiger partial charge in [-0.3, -0.25) is 0 Å². The van der Waals surface area contributed by atoms with Crippen LogP contribution in [0.4, 0.5) is 13.2 Å². The summed E-state index contributed by atoms with van der Waals surface area (Å²) in [5, 5.41) is 7.23. The van der Waals surface area contributed by atoms with Crippen molar-refractivity contribution in [1.82, 2.24) is 20.3 Å². The molecule has 0 aliphatic carbocycles. The first kappa shape index (κ1) is 23.1. The van der Waals surface area contributed by atoms with Gasteiger partial charge < -0.3 is 10.6 Å². The van der Waals surface area contributed by atoms with E-state index in [4.69, 9.17) is 0 Å². The number of hydrogen-bond acceptors (Lipinski definition) is 5. The maximum absolute atomic E-state index is 12.6. The molecule has 0 atom stereocenters. The number of rotatable bonds is 8. The van der Waals surface area contributed by atoms with E-state index < -0.39 is 21.9 Å². The lowest BCUT2D eigenvalue weighted by Crippen LogP contribution is -2.36. The highest BCUT2D eigenvalue weighted by Gasteiger charge is 2.33. The second-order valence-corrected chi connectivity index (χ2v) is 8.83. The summed E-state index contributed by atoms with van der Waals surface area (Å²) in [4.78, 5) is 7.97. The molecule has 3 N–H and O–H groups in total. The van der Waals surface area contributed by atoms with Crippen molar-refractivity contribution >= 4 is 27.3 Å². The van der Waals surface area contributed by atoms with Crippen molar-refractivity contribution in [3.05, 3.63) is 51.5 Å². The SMILES string of the molecule is CCNC(=NCc1cccc(CS(=O)(=O)NC)c1)NCc1nc(C(F)(F)F)cs1. The molecule has 0 radical (unpaired) electrons. The molecule has 0 amide bonds. The van der Waals surface area contributed by atoms with Crippen LogP contribution in [0, 0.1) is 0 Å². The van der Waals surface area contributed by atoms with Crippen LogP contribution in [0.1, 0.15) is 28.8 Å². The van der Waals surface area contributed by atoms with Crippen LogP contribution in [-0.4, -0.2) is 33.0 Å². The van der Waals surface area contributed by atoms with Crippen LogP contribution < -0.4 is 15.4 Å². The van der Waals surface area contributed by atoms with E-state index in [1.165, 1.54) is 7.05 Å². The van der Waals surface area contributed by atoms with Crippen molar-refractivity contribution in [3.63, 3.8) is 0 Å². The average molecular weight is 450 g/mol. The minimum atomic E-state index is -4.46. The average Bonchev–Trinajstić information content (AvgIpc) is 3.13. The van der Waals surface area contributed by atoms with E-state index in [1.807, 2.05) is 13.0 Å². The summed E-state index contributed by atoms with van der Waals surface area (Å²) in [6.45, 7) is 2.81. The minimum absolute atomic E-state index is 0.104. The maximum atomic E-state index is 12.6. The lowest BCUT2D eigenvalue weighted by atomic mass is 10.1. The fourth-order valence-electron chi connectivity index (χ4n) is 2.30. The Bertz CT molecular complexity index is 943. The summed E-state index contributed by atoms with van der Waals surface area (Å²) in [6, 6.07) is 7.03. The van der Waals surface area contributed by atoms with E-state index in [9.17, 15) is 21.6 Å². The highest BCUT2D eigenvalue weighted by atomic mass is 32.2. The molecule has 160 valence electrons. The standard InChI is InChI=1S/C17H22F3N5O2S2/c1-3-22-16(24-9-15-25-14(10-28-15)17(18,19)20)23-8-12-5-4-6-13(7-12)11-29(26,27)21-2/h4-7,10,21H,3,8-9,11H2,1-2H3,(H2,22,23,24). The van der Waals surface area contributed by atoms with Crippen molar-refractivity contribution in [2.45, 2.75) is 31.9 Å². The van der Waals surface area contributed by atoms with Gasteiger partial charge in [0.05, 0.1) is 18.8 Å². The quantitative estimate of drug-likeness (QED) is 0.425. The van der Waals surface area contributed by atoms with E-state index in [0.717, 1.165) is 22.3 Å². The summed E-state index contributed by atoms with van der Waals surface area (Å²) < 4.78 is 63.5. The molecule has 1 heterocycles. The molecule has 0 aliphatic heterocycles. The Morgan fingerprint density at radius 3 is 2.59 bits per heavy atom. The summed E-state index contributed by atoms with van der Waals surface area (Å²) in [5.41, 5.74) is 0.529. The fourth-order valence-corrected chi connectivity index (χ4v) is 3.81. The first-order valence-corrected chi connectivity index (χ1v) is 11.2. The summed E-state index contributed by atoms with van der Waals surface area (Å²) >= 11 is 0.921. The van der Waals surface area contributed by atoms with Gasteiger partial charge in [0, 0.05) is 11.9 Å². The summed E-state index contributed by atoms with van der Waals surface area (Å²) in [7, 11) is -2.01. The van der Waals surface area contributed by atoms with Gasteiger partial charge in [0.25, 0.3) is 0 Å². The Morgan fingerprint density at radius 2 is 1.97 bits per heavy atom. The van der Waals surface area contributed by atoms with Crippen molar-refractivity contribution in [3.8, 4) is 0 Å². The van der Waals surface area contributed by atoms with E-state index in [1.54, 1.807) is 18.2 Å². The van der Waals surface area contributed by atoms with Gasteiger partial charge in [-0.2, -0.15) is 13.2 Å². The molecule has 0 bridgehead atoms. The first-order valence-electron chi connectivity index (χ1n) is 8.65. The van der Waals surface area contributed by atoms with Gasteiger partial charge in [-0.25, -0.2) is 23.1 Å². The zero-order chi connectivity index (χ0) is 21.5. The number of benzene rings is 1. The van der Waals surface area contributed by atoms with Crippen LogP contribution in [0.25, 0.3) is 0 Å². The molecule has 0 spiro atoms. The molecule has 0 fully saturated rings. The number of nitrogens with one attached hydrogen (secondary N) is 3. The molecule has 0 unspecified atom stereocenters. The number of thiazole rings is 1. The molecule has 1 aromatic heterocycles. The predicted molar refractivity (Wildman–Crippen MR) is 107 cm³/mol. The molecule has 2 aromatic rings. The Hall–Kier alpha value is -2.18. The van der Waals surface area contributed by atoms with Crippen LogP contribution in [0.3, 0.4) is 0 Å². The summed E-state index contributed by atoms with van der Waals surface area (Å²) in [6.07, 6.45) is -4.46. The molecule has 12 heteroatoms. The van der Waals surface area contributed by atoms with Crippen LogP contribution in [-0.2, 0) is 35.0 Å². The smallest absolute Gasteiger partial charge is 0.357 e.